The highest BCUT2D eigenvalue weighted by Crippen LogP contribution is 2.36. The van der Waals surface area contributed by atoms with Crippen LogP contribution in [0.15, 0.2) is 24.3 Å². The first kappa shape index (κ1) is 22.4. The molecule has 0 bridgehead atoms. The van der Waals surface area contributed by atoms with Crippen LogP contribution in [-0.2, 0) is 25.9 Å². The summed E-state index contributed by atoms with van der Waals surface area (Å²) >= 11 is 5.76. The van der Waals surface area contributed by atoms with Crippen LogP contribution in [0.3, 0.4) is 0 Å². The van der Waals surface area contributed by atoms with Gasteiger partial charge < -0.3 is 4.90 Å². The molecule has 1 aliphatic rings. The fourth-order valence-corrected chi connectivity index (χ4v) is 3.62. The van der Waals surface area contributed by atoms with Gasteiger partial charge in [0.2, 0.25) is 0 Å². The molecule has 1 aromatic carbocycles. The molecule has 3 rings (SSSR count). The van der Waals surface area contributed by atoms with Crippen molar-refractivity contribution in [3.8, 4) is 0 Å². The maximum absolute atomic E-state index is 12.9. The third-order valence-electron chi connectivity index (χ3n) is 4.78. The van der Waals surface area contributed by atoms with Crippen LogP contribution in [0.1, 0.15) is 27.3 Å². The Balaban J connectivity index is 1.65. The zero-order valence-corrected chi connectivity index (χ0v) is 16.4. The zero-order chi connectivity index (χ0) is 22.3. The molecular weight excluding hydrogens is 438 g/mol. The van der Waals surface area contributed by atoms with E-state index < -0.39 is 34.5 Å². The van der Waals surface area contributed by atoms with E-state index in [9.17, 15) is 31.1 Å². The first-order chi connectivity index (χ1) is 13.9. The van der Waals surface area contributed by atoms with Gasteiger partial charge in [-0.3, -0.25) is 14.4 Å². The van der Waals surface area contributed by atoms with E-state index in [0.717, 1.165) is 16.8 Å². The Bertz CT molecular complexity index is 932. The summed E-state index contributed by atoms with van der Waals surface area (Å²) in [6.45, 7) is 1.35. The second-order valence-electron chi connectivity index (χ2n) is 6.90. The van der Waals surface area contributed by atoms with E-state index in [4.69, 9.17) is 11.6 Å². The lowest BCUT2D eigenvalue weighted by molar-refractivity contribution is -0.141. The van der Waals surface area contributed by atoms with Crippen LogP contribution in [0.25, 0.3) is 0 Å². The molecule has 1 amide bonds. The third-order valence-corrected chi connectivity index (χ3v) is 5.14. The minimum absolute atomic E-state index is 0.195. The molecule has 5 nitrogen and oxygen atoms in total. The van der Waals surface area contributed by atoms with Crippen LogP contribution < -0.4 is 0 Å². The molecule has 0 aliphatic carbocycles. The molecule has 0 unspecified atom stereocenters. The van der Waals surface area contributed by atoms with E-state index in [-0.39, 0.29) is 25.3 Å². The lowest BCUT2D eigenvalue weighted by Crippen LogP contribution is -2.48. The summed E-state index contributed by atoms with van der Waals surface area (Å²) in [5.74, 6) is -0.677. The Kier molecular flexibility index (Phi) is 6.06. The van der Waals surface area contributed by atoms with Crippen molar-refractivity contribution in [1.82, 2.24) is 19.6 Å². The first-order valence-electron chi connectivity index (χ1n) is 8.85. The number of hydrogen-bond acceptors (Lipinski definition) is 3. The minimum Gasteiger partial charge on any atom is -0.335 e. The van der Waals surface area contributed by atoms with Gasteiger partial charge in [-0.05, 0) is 11.6 Å². The molecule has 12 heteroatoms. The largest absolute Gasteiger partial charge is 0.436 e. The maximum Gasteiger partial charge on any atom is 0.436 e. The molecule has 164 valence electrons. The average Bonchev–Trinajstić information content (AvgIpc) is 2.96. The fraction of sp³-hybridized carbons (Fsp3) is 0.444. The molecule has 1 aliphatic heterocycles. The Hall–Kier alpha value is -2.27. The highest BCUT2D eigenvalue weighted by Gasteiger charge is 2.40. The van der Waals surface area contributed by atoms with Gasteiger partial charge in [0, 0.05) is 39.8 Å². The van der Waals surface area contributed by atoms with Gasteiger partial charge in [0.25, 0.3) is 5.91 Å². The number of aromatic nitrogens is 2. The molecular formula is C18H17ClF6N4O. The van der Waals surface area contributed by atoms with Gasteiger partial charge >= 0.3 is 12.4 Å². The van der Waals surface area contributed by atoms with Gasteiger partial charge in [0.05, 0.1) is 5.56 Å². The summed E-state index contributed by atoms with van der Waals surface area (Å²) in [7, 11) is 1.21. The first-order valence-corrected chi connectivity index (χ1v) is 9.23. The average molecular weight is 455 g/mol. The van der Waals surface area contributed by atoms with Crippen LogP contribution in [0.2, 0.25) is 5.02 Å². The van der Waals surface area contributed by atoms with Gasteiger partial charge in [-0.15, -0.1) is 0 Å². The number of hydrogen-bond donors (Lipinski definition) is 0. The number of alkyl halides is 6. The topological polar surface area (TPSA) is 41.4 Å². The highest BCUT2D eigenvalue weighted by atomic mass is 35.5. The van der Waals surface area contributed by atoms with Crippen LogP contribution >= 0.6 is 11.6 Å². The summed E-state index contributed by atoms with van der Waals surface area (Å²) in [6.07, 6.45) is -9.21. The molecule has 0 N–H and O–H groups in total. The number of benzene rings is 1. The molecule has 0 spiro atoms. The van der Waals surface area contributed by atoms with E-state index in [1.807, 2.05) is 4.90 Å². The molecule has 1 fully saturated rings. The van der Waals surface area contributed by atoms with Crippen molar-refractivity contribution in [2.45, 2.75) is 18.9 Å². The van der Waals surface area contributed by atoms with Crippen LogP contribution in [0.4, 0.5) is 26.3 Å². The molecule has 1 saturated heterocycles. The predicted molar refractivity (Wildman–Crippen MR) is 95.8 cm³/mol. The predicted octanol–water partition coefficient (Wildman–Crippen LogP) is 4.07. The number of carbonyl (C=O) groups is 1. The number of piperazine rings is 1. The van der Waals surface area contributed by atoms with Crippen molar-refractivity contribution in [2.75, 3.05) is 26.2 Å². The SMILES string of the molecule is Cn1nc(C(F)(F)F)c(Cl)c1C(=O)N1CCN(Cc2cccc(C(F)(F)F)c2)CC1. The van der Waals surface area contributed by atoms with Crippen molar-refractivity contribution in [3.63, 3.8) is 0 Å². The van der Waals surface area contributed by atoms with Crippen LogP contribution in [-0.4, -0.2) is 51.7 Å². The van der Waals surface area contributed by atoms with Gasteiger partial charge in [-0.1, -0.05) is 29.8 Å². The number of amides is 1. The van der Waals surface area contributed by atoms with E-state index in [2.05, 4.69) is 5.10 Å². The monoisotopic (exact) mass is 454 g/mol. The summed E-state index contributed by atoms with van der Waals surface area (Å²) in [6, 6.07) is 4.99. The van der Waals surface area contributed by atoms with Crippen molar-refractivity contribution >= 4 is 17.5 Å². The van der Waals surface area contributed by atoms with Crippen molar-refractivity contribution in [2.24, 2.45) is 7.05 Å². The Morgan fingerprint density at radius 1 is 1.07 bits per heavy atom. The summed E-state index contributed by atoms with van der Waals surface area (Å²) in [4.78, 5) is 15.9. The van der Waals surface area contributed by atoms with Crippen LogP contribution in [0, 0.1) is 0 Å². The smallest absolute Gasteiger partial charge is 0.335 e. The Labute approximate surface area is 172 Å². The molecule has 30 heavy (non-hydrogen) atoms. The highest BCUT2D eigenvalue weighted by molar-refractivity contribution is 6.34. The van der Waals surface area contributed by atoms with Gasteiger partial charge in [-0.2, -0.15) is 31.4 Å². The number of carbonyl (C=O) groups excluding carboxylic acids is 1. The maximum atomic E-state index is 12.9. The number of rotatable bonds is 3. The van der Waals surface area contributed by atoms with Gasteiger partial charge in [-0.25, -0.2) is 0 Å². The Morgan fingerprint density at radius 2 is 1.70 bits per heavy atom. The van der Waals surface area contributed by atoms with Crippen LogP contribution in [0.5, 0.6) is 0 Å². The third kappa shape index (κ3) is 4.72. The molecule has 0 saturated carbocycles. The second-order valence-corrected chi connectivity index (χ2v) is 7.28. The molecule has 0 radical (unpaired) electrons. The lowest BCUT2D eigenvalue weighted by atomic mass is 10.1. The lowest BCUT2D eigenvalue weighted by Gasteiger charge is -2.34. The van der Waals surface area contributed by atoms with E-state index in [1.54, 1.807) is 6.07 Å². The summed E-state index contributed by atoms with van der Waals surface area (Å²) in [5.41, 5.74) is -1.93. The van der Waals surface area contributed by atoms with Gasteiger partial charge in [0.1, 0.15) is 10.7 Å². The second kappa shape index (κ2) is 8.10. The summed E-state index contributed by atoms with van der Waals surface area (Å²) in [5, 5.41) is 2.56. The van der Waals surface area contributed by atoms with Crippen molar-refractivity contribution < 1.29 is 31.1 Å². The zero-order valence-electron chi connectivity index (χ0n) is 15.7. The van der Waals surface area contributed by atoms with Gasteiger partial charge in [0.15, 0.2) is 5.69 Å². The Morgan fingerprint density at radius 3 is 2.23 bits per heavy atom. The van der Waals surface area contributed by atoms with Crippen molar-refractivity contribution in [1.29, 1.82) is 0 Å². The van der Waals surface area contributed by atoms with E-state index in [1.165, 1.54) is 18.0 Å². The number of aryl methyl sites for hydroxylation is 1. The number of halogens is 7. The molecule has 0 atom stereocenters. The molecule has 2 heterocycles. The van der Waals surface area contributed by atoms with Crippen molar-refractivity contribution in [3.05, 3.63) is 51.8 Å². The molecule has 1 aromatic heterocycles. The standard InChI is InChI=1S/C18H17ClF6N4O/c1-27-14(13(19)15(26-27)18(23,24)25)16(30)29-7-5-28(6-8-29)10-11-3-2-4-12(9-11)17(20,21)22/h2-4,9H,5-8,10H2,1H3. The molecule has 2 aromatic rings. The normalized spacial score (nSPS) is 16.2. The minimum atomic E-state index is -4.78. The fourth-order valence-electron chi connectivity index (χ4n) is 3.27. The van der Waals surface area contributed by atoms with E-state index >= 15 is 0 Å². The quantitative estimate of drug-likeness (QED) is 0.657. The summed E-state index contributed by atoms with van der Waals surface area (Å²) < 4.78 is 78.2. The number of nitrogens with zero attached hydrogens (tertiary/aromatic N) is 4. The van der Waals surface area contributed by atoms with E-state index in [0.29, 0.717) is 18.7 Å².